The van der Waals surface area contributed by atoms with Crippen molar-refractivity contribution >= 4 is 29.0 Å². The van der Waals surface area contributed by atoms with Crippen LogP contribution < -0.4 is 20.3 Å². The summed E-state index contributed by atoms with van der Waals surface area (Å²) in [5.41, 5.74) is 3.45. The van der Waals surface area contributed by atoms with Crippen LogP contribution in [-0.2, 0) is 6.61 Å². The van der Waals surface area contributed by atoms with Gasteiger partial charge < -0.3 is 19.8 Å². The number of carbonyl (C=O) groups excluding carboxylic acids is 2. The van der Waals surface area contributed by atoms with Crippen LogP contribution in [-0.4, -0.2) is 34.4 Å². The summed E-state index contributed by atoms with van der Waals surface area (Å²) in [6, 6.07) is 19.9. The molecule has 160 valence electrons. The molecule has 8 heteroatoms. The lowest BCUT2D eigenvalue weighted by molar-refractivity contribution is 0.102. The van der Waals surface area contributed by atoms with Gasteiger partial charge in [0.1, 0.15) is 18.0 Å². The molecule has 32 heavy (non-hydrogen) atoms. The number of ether oxygens (including phenoxy) is 1. The first-order valence-electron chi connectivity index (χ1n) is 10.3. The molecular weight excluding hydrogens is 406 g/mol. The minimum Gasteiger partial charge on any atom is -0.487 e. The first kappa shape index (κ1) is 19.6. The van der Waals surface area contributed by atoms with Gasteiger partial charge in [-0.1, -0.05) is 18.2 Å². The number of hydrogen-bond acceptors (Lipinski definition) is 4. The SMILES string of the molecule is O=C(Nc1cccc(OCc2cn3ccccc3n2)c1)c1cccc(N2CCNC2=O)c1. The van der Waals surface area contributed by atoms with Gasteiger partial charge in [-0.25, -0.2) is 9.78 Å². The number of nitrogens with zero attached hydrogens (tertiary/aromatic N) is 3. The van der Waals surface area contributed by atoms with Gasteiger partial charge in [0.25, 0.3) is 5.91 Å². The van der Waals surface area contributed by atoms with Crippen LogP contribution in [0.15, 0.2) is 79.1 Å². The van der Waals surface area contributed by atoms with Crippen molar-refractivity contribution in [2.24, 2.45) is 0 Å². The van der Waals surface area contributed by atoms with Gasteiger partial charge in [0.05, 0.1) is 5.69 Å². The Bertz CT molecular complexity index is 1270. The third kappa shape index (κ3) is 4.11. The van der Waals surface area contributed by atoms with Gasteiger partial charge in [-0.05, 0) is 42.5 Å². The number of pyridine rings is 1. The van der Waals surface area contributed by atoms with Crippen LogP contribution in [0.2, 0.25) is 0 Å². The number of benzene rings is 2. The number of rotatable bonds is 6. The molecule has 0 spiro atoms. The number of hydrogen-bond donors (Lipinski definition) is 2. The first-order valence-corrected chi connectivity index (χ1v) is 10.3. The van der Waals surface area contributed by atoms with Crippen molar-refractivity contribution in [3.05, 3.63) is 90.4 Å². The molecule has 0 unspecified atom stereocenters. The Kier molecular flexibility index (Phi) is 5.17. The lowest BCUT2D eigenvalue weighted by atomic mass is 10.1. The number of imidazole rings is 1. The number of amides is 3. The Morgan fingerprint density at radius 1 is 1.09 bits per heavy atom. The molecule has 0 atom stereocenters. The molecule has 1 saturated heterocycles. The highest BCUT2D eigenvalue weighted by atomic mass is 16.5. The molecule has 4 aromatic rings. The molecule has 0 radical (unpaired) electrons. The van der Waals surface area contributed by atoms with E-state index >= 15 is 0 Å². The number of urea groups is 1. The fourth-order valence-electron chi connectivity index (χ4n) is 3.61. The van der Waals surface area contributed by atoms with Gasteiger partial charge in [0, 0.05) is 48.5 Å². The Balaban J connectivity index is 1.25. The topological polar surface area (TPSA) is 88.0 Å². The number of fused-ring (bicyclic) bond motifs is 1. The Morgan fingerprint density at radius 3 is 2.84 bits per heavy atom. The van der Waals surface area contributed by atoms with Crippen molar-refractivity contribution in [1.29, 1.82) is 0 Å². The van der Waals surface area contributed by atoms with Crippen molar-refractivity contribution in [3.63, 3.8) is 0 Å². The number of nitrogens with one attached hydrogen (secondary N) is 2. The summed E-state index contributed by atoms with van der Waals surface area (Å²) in [5, 5.41) is 5.65. The highest BCUT2D eigenvalue weighted by Gasteiger charge is 2.21. The minimum absolute atomic E-state index is 0.155. The molecule has 0 aliphatic carbocycles. The number of aromatic nitrogens is 2. The lowest BCUT2D eigenvalue weighted by Crippen LogP contribution is -2.27. The van der Waals surface area contributed by atoms with Gasteiger partial charge in [0.2, 0.25) is 0 Å². The van der Waals surface area contributed by atoms with E-state index in [4.69, 9.17) is 4.74 Å². The van der Waals surface area contributed by atoms with E-state index in [9.17, 15) is 9.59 Å². The average Bonchev–Trinajstić information content (AvgIpc) is 3.43. The van der Waals surface area contributed by atoms with E-state index < -0.39 is 0 Å². The molecule has 0 saturated carbocycles. The molecule has 3 heterocycles. The summed E-state index contributed by atoms with van der Waals surface area (Å²) in [4.78, 5) is 30.8. The summed E-state index contributed by atoms with van der Waals surface area (Å²) in [7, 11) is 0. The molecule has 2 aromatic heterocycles. The van der Waals surface area contributed by atoms with Crippen molar-refractivity contribution in [3.8, 4) is 5.75 Å². The summed E-state index contributed by atoms with van der Waals surface area (Å²) >= 11 is 0. The molecule has 5 rings (SSSR count). The van der Waals surface area contributed by atoms with Gasteiger partial charge in [-0.15, -0.1) is 0 Å². The zero-order valence-electron chi connectivity index (χ0n) is 17.2. The van der Waals surface area contributed by atoms with E-state index in [-0.39, 0.29) is 11.9 Å². The lowest BCUT2D eigenvalue weighted by Gasteiger charge is -2.15. The van der Waals surface area contributed by atoms with E-state index in [0.717, 1.165) is 11.3 Å². The molecule has 1 fully saturated rings. The maximum absolute atomic E-state index is 12.8. The summed E-state index contributed by atoms with van der Waals surface area (Å²) in [6.45, 7) is 1.49. The molecule has 2 N–H and O–H groups in total. The summed E-state index contributed by atoms with van der Waals surface area (Å²) in [5.74, 6) is 0.367. The Hall–Kier alpha value is -4.33. The van der Waals surface area contributed by atoms with Crippen LogP contribution >= 0.6 is 0 Å². The second-order valence-electron chi connectivity index (χ2n) is 7.40. The van der Waals surface area contributed by atoms with Gasteiger partial charge in [-0.3, -0.25) is 9.69 Å². The van der Waals surface area contributed by atoms with Crippen LogP contribution in [0.4, 0.5) is 16.2 Å². The maximum atomic E-state index is 12.8. The van der Waals surface area contributed by atoms with E-state index in [1.165, 1.54) is 0 Å². The predicted octanol–water partition coefficient (Wildman–Crippen LogP) is 3.70. The first-order chi connectivity index (χ1) is 15.7. The standard InChI is InChI=1S/C24H21N5O3/c30-23(17-5-3-7-20(13-17)29-12-10-25-24(29)31)27-18-6-4-8-21(14-18)32-16-19-15-28-11-2-1-9-22(28)26-19/h1-9,11,13-15H,10,12,16H2,(H,25,31)(H,27,30). The summed E-state index contributed by atoms with van der Waals surface area (Å²) < 4.78 is 7.81. The van der Waals surface area contributed by atoms with E-state index in [1.807, 2.05) is 53.2 Å². The van der Waals surface area contributed by atoms with Gasteiger partial charge in [-0.2, -0.15) is 0 Å². The van der Waals surface area contributed by atoms with Crippen LogP contribution in [0.3, 0.4) is 0 Å². The summed E-state index contributed by atoms with van der Waals surface area (Å²) in [6.07, 6.45) is 3.86. The van der Waals surface area contributed by atoms with E-state index in [0.29, 0.717) is 42.4 Å². The highest BCUT2D eigenvalue weighted by Crippen LogP contribution is 2.22. The number of anilines is 2. The van der Waals surface area contributed by atoms with Crippen molar-refractivity contribution < 1.29 is 14.3 Å². The molecule has 1 aliphatic heterocycles. The van der Waals surface area contributed by atoms with Crippen molar-refractivity contribution in [1.82, 2.24) is 14.7 Å². The molecule has 8 nitrogen and oxygen atoms in total. The van der Waals surface area contributed by atoms with Crippen molar-refractivity contribution in [2.45, 2.75) is 6.61 Å². The number of carbonyl (C=O) groups is 2. The Morgan fingerprint density at radius 2 is 2.00 bits per heavy atom. The van der Waals surface area contributed by atoms with Crippen LogP contribution in [0.25, 0.3) is 5.65 Å². The zero-order valence-corrected chi connectivity index (χ0v) is 17.2. The maximum Gasteiger partial charge on any atom is 0.321 e. The smallest absolute Gasteiger partial charge is 0.321 e. The van der Waals surface area contributed by atoms with Gasteiger partial charge in [0.15, 0.2) is 0 Å². The molecular formula is C24H21N5O3. The Labute approximate surface area is 184 Å². The van der Waals surface area contributed by atoms with Gasteiger partial charge >= 0.3 is 6.03 Å². The third-order valence-corrected chi connectivity index (χ3v) is 5.17. The quantitative estimate of drug-likeness (QED) is 0.491. The van der Waals surface area contributed by atoms with E-state index in [2.05, 4.69) is 15.6 Å². The minimum atomic E-state index is -0.260. The average molecular weight is 427 g/mol. The molecule has 0 bridgehead atoms. The third-order valence-electron chi connectivity index (χ3n) is 5.17. The van der Waals surface area contributed by atoms with Crippen LogP contribution in [0.5, 0.6) is 5.75 Å². The van der Waals surface area contributed by atoms with Crippen LogP contribution in [0.1, 0.15) is 16.1 Å². The predicted molar refractivity (Wildman–Crippen MR) is 121 cm³/mol. The highest BCUT2D eigenvalue weighted by molar-refractivity contribution is 6.05. The second kappa shape index (κ2) is 8.43. The normalized spacial score (nSPS) is 13.2. The largest absolute Gasteiger partial charge is 0.487 e. The van der Waals surface area contributed by atoms with E-state index in [1.54, 1.807) is 35.2 Å². The molecule has 3 amide bonds. The zero-order chi connectivity index (χ0) is 21.9. The monoisotopic (exact) mass is 427 g/mol. The second-order valence-corrected chi connectivity index (χ2v) is 7.40. The van der Waals surface area contributed by atoms with Crippen molar-refractivity contribution in [2.75, 3.05) is 23.3 Å². The van der Waals surface area contributed by atoms with Crippen LogP contribution in [0, 0.1) is 0 Å². The molecule has 2 aromatic carbocycles. The fourth-order valence-corrected chi connectivity index (χ4v) is 3.61. The molecule has 1 aliphatic rings. The fraction of sp³-hybridized carbons (Fsp3) is 0.125.